The molecule has 0 saturated carbocycles. The number of fused-ring (bicyclic) bond motifs is 1. The van der Waals surface area contributed by atoms with E-state index in [9.17, 15) is 14.4 Å². The summed E-state index contributed by atoms with van der Waals surface area (Å²) in [4.78, 5) is 39.6. The average molecular weight is 345 g/mol. The van der Waals surface area contributed by atoms with E-state index in [0.29, 0.717) is 16.9 Å². The van der Waals surface area contributed by atoms with Crippen molar-refractivity contribution in [2.75, 3.05) is 20.0 Å². The summed E-state index contributed by atoms with van der Waals surface area (Å²) in [5, 5.41) is 3.33. The Morgan fingerprint density at radius 2 is 1.92 bits per heavy atom. The van der Waals surface area contributed by atoms with Crippen molar-refractivity contribution in [1.29, 1.82) is 0 Å². The van der Waals surface area contributed by atoms with E-state index in [1.54, 1.807) is 24.3 Å². The van der Waals surface area contributed by atoms with E-state index < -0.39 is 23.9 Å². The maximum Gasteiger partial charge on any atom is 0.328 e. The number of esters is 2. The molecule has 1 heterocycles. The summed E-state index contributed by atoms with van der Waals surface area (Å²) in [6, 6.07) is 7.69. The number of aromatic nitrogens is 1. The molecule has 1 amide bonds. The van der Waals surface area contributed by atoms with Gasteiger partial charge in [-0.2, -0.15) is 0 Å². The minimum atomic E-state index is -1.11. The fourth-order valence-electron chi connectivity index (χ4n) is 2.28. The van der Waals surface area contributed by atoms with Crippen LogP contribution in [0.5, 0.6) is 0 Å². The third-order valence-corrected chi connectivity index (χ3v) is 3.53. The number of carbonyl (C=O) groups excluding carboxylic acids is 3. The summed E-state index contributed by atoms with van der Waals surface area (Å²) in [7, 11) is 2.37. The Balaban J connectivity index is 2.08. The highest BCUT2D eigenvalue weighted by Gasteiger charge is 2.25. The molecule has 0 aliphatic rings. The average Bonchev–Trinajstić information content (AvgIpc) is 2.60. The number of nitrogens with one attached hydrogen (secondary N) is 1. The van der Waals surface area contributed by atoms with E-state index >= 15 is 0 Å². The van der Waals surface area contributed by atoms with Gasteiger partial charge in [-0.05, 0) is 24.3 Å². The molecular weight excluding hydrogens is 326 g/mol. The third kappa shape index (κ3) is 4.90. The number of nitrogen functional groups attached to an aromatic ring is 1. The fraction of sp³-hybridized carbons (Fsp3) is 0.294. The lowest BCUT2D eigenvalue weighted by Crippen LogP contribution is -2.43. The number of anilines is 1. The number of hydrogen-bond acceptors (Lipinski definition) is 7. The second-order valence-corrected chi connectivity index (χ2v) is 5.36. The van der Waals surface area contributed by atoms with Crippen molar-refractivity contribution in [2.45, 2.75) is 18.9 Å². The number of hydrogen-bond donors (Lipinski definition) is 2. The lowest BCUT2D eigenvalue weighted by atomic mass is 10.1. The number of amides is 1. The van der Waals surface area contributed by atoms with Gasteiger partial charge in [0.05, 0.1) is 38.3 Å². The predicted octanol–water partition coefficient (Wildman–Crippen LogP) is 0.580. The van der Waals surface area contributed by atoms with Crippen LogP contribution in [0.1, 0.15) is 12.1 Å². The lowest BCUT2D eigenvalue weighted by molar-refractivity contribution is -0.150. The lowest BCUT2D eigenvalue weighted by Gasteiger charge is -2.15. The number of methoxy groups -OCH3 is 2. The van der Waals surface area contributed by atoms with Crippen LogP contribution >= 0.6 is 0 Å². The molecule has 2 rings (SSSR count). The molecule has 0 radical (unpaired) electrons. The molecule has 3 N–H and O–H groups in total. The van der Waals surface area contributed by atoms with Crippen molar-refractivity contribution in [3.63, 3.8) is 0 Å². The van der Waals surface area contributed by atoms with Crippen LogP contribution in [-0.2, 0) is 30.3 Å². The van der Waals surface area contributed by atoms with Gasteiger partial charge in [-0.15, -0.1) is 0 Å². The van der Waals surface area contributed by atoms with Gasteiger partial charge in [0, 0.05) is 11.1 Å². The SMILES string of the molecule is COC(=O)CC(NC(=O)Cc1ccc2cc(N)ccc2n1)C(=O)OC. The molecule has 0 aliphatic heterocycles. The predicted molar refractivity (Wildman–Crippen MR) is 90.4 cm³/mol. The van der Waals surface area contributed by atoms with Gasteiger partial charge in [0.1, 0.15) is 6.04 Å². The quantitative estimate of drug-likeness (QED) is 0.580. The second-order valence-electron chi connectivity index (χ2n) is 5.36. The van der Waals surface area contributed by atoms with E-state index in [-0.39, 0.29) is 12.8 Å². The number of ether oxygens (including phenoxy) is 2. The Bertz CT molecular complexity index is 806. The normalized spacial score (nSPS) is 11.6. The van der Waals surface area contributed by atoms with Crippen molar-refractivity contribution < 1.29 is 23.9 Å². The van der Waals surface area contributed by atoms with E-state index in [1.165, 1.54) is 14.2 Å². The molecule has 0 bridgehead atoms. The first-order valence-electron chi connectivity index (χ1n) is 7.52. The van der Waals surface area contributed by atoms with E-state index in [0.717, 1.165) is 5.39 Å². The highest BCUT2D eigenvalue weighted by atomic mass is 16.5. The van der Waals surface area contributed by atoms with Crippen LogP contribution in [0.2, 0.25) is 0 Å². The first-order valence-corrected chi connectivity index (χ1v) is 7.52. The Kier molecular flexibility index (Phi) is 5.89. The third-order valence-electron chi connectivity index (χ3n) is 3.53. The van der Waals surface area contributed by atoms with Crippen molar-refractivity contribution in [3.8, 4) is 0 Å². The van der Waals surface area contributed by atoms with Crippen LogP contribution in [0.25, 0.3) is 10.9 Å². The maximum absolute atomic E-state index is 12.2. The van der Waals surface area contributed by atoms with Crippen LogP contribution in [0.3, 0.4) is 0 Å². The summed E-state index contributed by atoms with van der Waals surface area (Å²) in [5.41, 5.74) is 7.58. The van der Waals surface area contributed by atoms with Gasteiger partial charge in [-0.1, -0.05) is 6.07 Å². The zero-order chi connectivity index (χ0) is 18.4. The van der Waals surface area contributed by atoms with Gasteiger partial charge in [0.25, 0.3) is 0 Å². The molecule has 0 spiro atoms. The van der Waals surface area contributed by atoms with Crippen molar-refractivity contribution in [1.82, 2.24) is 10.3 Å². The van der Waals surface area contributed by atoms with Crippen LogP contribution in [-0.4, -0.2) is 43.1 Å². The van der Waals surface area contributed by atoms with Crippen LogP contribution < -0.4 is 11.1 Å². The standard InChI is InChI=1S/C17H19N3O5/c1-24-16(22)9-14(17(23)25-2)20-15(21)8-12-5-3-10-7-11(18)4-6-13(10)19-12/h3-7,14H,8-9,18H2,1-2H3,(H,20,21). The highest BCUT2D eigenvalue weighted by Crippen LogP contribution is 2.16. The maximum atomic E-state index is 12.2. The van der Waals surface area contributed by atoms with E-state index in [1.807, 2.05) is 6.07 Å². The van der Waals surface area contributed by atoms with Crippen LogP contribution in [0.15, 0.2) is 30.3 Å². The summed E-state index contributed by atoms with van der Waals surface area (Å²) >= 11 is 0. The Labute approximate surface area is 144 Å². The van der Waals surface area contributed by atoms with Gasteiger partial charge < -0.3 is 20.5 Å². The van der Waals surface area contributed by atoms with E-state index in [2.05, 4.69) is 19.8 Å². The monoisotopic (exact) mass is 345 g/mol. The number of pyridine rings is 1. The summed E-state index contributed by atoms with van der Waals surface area (Å²) in [6.07, 6.45) is -0.353. The molecule has 1 aromatic heterocycles. The van der Waals surface area contributed by atoms with Gasteiger partial charge in [0.15, 0.2) is 0 Å². The molecule has 8 heteroatoms. The van der Waals surface area contributed by atoms with Gasteiger partial charge in [-0.3, -0.25) is 14.6 Å². The molecule has 0 fully saturated rings. The van der Waals surface area contributed by atoms with E-state index in [4.69, 9.17) is 5.73 Å². The number of carbonyl (C=O) groups is 3. The zero-order valence-electron chi connectivity index (χ0n) is 13.9. The van der Waals surface area contributed by atoms with Crippen LogP contribution in [0.4, 0.5) is 5.69 Å². The molecule has 0 saturated heterocycles. The molecular formula is C17H19N3O5. The molecule has 2 aromatic rings. The highest BCUT2D eigenvalue weighted by molar-refractivity contribution is 5.89. The summed E-state index contributed by atoms with van der Waals surface area (Å²) < 4.78 is 9.10. The van der Waals surface area contributed by atoms with Crippen molar-refractivity contribution >= 4 is 34.4 Å². The largest absolute Gasteiger partial charge is 0.469 e. The number of nitrogens with zero attached hydrogens (tertiary/aromatic N) is 1. The molecule has 132 valence electrons. The Hall–Kier alpha value is -3.16. The smallest absolute Gasteiger partial charge is 0.328 e. The van der Waals surface area contributed by atoms with Gasteiger partial charge >= 0.3 is 11.9 Å². The number of nitrogens with two attached hydrogens (primary N) is 1. The first kappa shape index (κ1) is 18.2. The Morgan fingerprint density at radius 3 is 2.60 bits per heavy atom. The topological polar surface area (TPSA) is 121 Å². The summed E-state index contributed by atoms with van der Waals surface area (Å²) in [6.45, 7) is 0. The number of benzene rings is 1. The molecule has 25 heavy (non-hydrogen) atoms. The van der Waals surface area contributed by atoms with Gasteiger partial charge in [0.2, 0.25) is 5.91 Å². The fourth-order valence-corrected chi connectivity index (χ4v) is 2.28. The molecule has 1 unspecified atom stereocenters. The minimum absolute atomic E-state index is 0.0466. The Morgan fingerprint density at radius 1 is 1.16 bits per heavy atom. The van der Waals surface area contributed by atoms with Gasteiger partial charge in [-0.25, -0.2) is 4.79 Å². The molecule has 1 aromatic carbocycles. The zero-order valence-corrected chi connectivity index (χ0v) is 13.9. The summed E-state index contributed by atoms with van der Waals surface area (Å²) in [5.74, 6) is -1.81. The number of rotatable bonds is 6. The molecule has 1 atom stereocenters. The molecule has 0 aliphatic carbocycles. The second kappa shape index (κ2) is 8.09. The van der Waals surface area contributed by atoms with Crippen molar-refractivity contribution in [2.24, 2.45) is 0 Å². The first-order chi connectivity index (χ1) is 11.9. The van der Waals surface area contributed by atoms with Crippen molar-refractivity contribution in [3.05, 3.63) is 36.0 Å². The van der Waals surface area contributed by atoms with Crippen LogP contribution in [0, 0.1) is 0 Å². The minimum Gasteiger partial charge on any atom is -0.469 e. The molecule has 8 nitrogen and oxygen atoms in total.